The topological polar surface area (TPSA) is 161 Å². The van der Waals surface area contributed by atoms with E-state index in [-0.39, 0.29) is 97.4 Å². The van der Waals surface area contributed by atoms with Gasteiger partial charge in [0.25, 0.3) is 0 Å². The van der Waals surface area contributed by atoms with E-state index in [1.165, 1.54) is 8.80 Å². The van der Waals surface area contributed by atoms with E-state index in [1.54, 1.807) is 21.0 Å². The second-order valence-corrected chi connectivity index (χ2v) is 34.3. The Morgan fingerprint density at radius 3 is 1.60 bits per heavy atom. The Hall–Kier alpha value is -8.02. The van der Waals surface area contributed by atoms with Crippen molar-refractivity contribution < 1.29 is 65.3 Å². The van der Waals surface area contributed by atoms with Crippen molar-refractivity contribution in [2.75, 3.05) is 66.4 Å². The molecule has 9 rings (SSSR count). The van der Waals surface area contributed by atoms with Gasteiger partial charge in [0.2, 0.25) is 11.8 Å². The van der Waals surface area contributed by atoms with Crippen LogP contribution in [0.3, 0.4) is 0 Å². The monoisotopic (exact) mass is 1350 g/mol. The summed E-state index contributed by atoms with van der Waals surface area (Å²) in [5.41, 5.74) is 7.66. The molecule has 1 aliphatic carbocycles. The zero-order valence-corrected chi connectivity index (χ0v) is 56.5. The molecule has 0 bridgehead atoms. The third-order valence-electron chi connectivity index (χ3n) is 17.7. The molecular formula is C72H79B2F6GeN6O7+. The molecule has 0 saturated carbocycles. The maximum absolute atomic E-state index is 14.5. The Labute approximate surface area is 548 Å². The number of ether oxygens (including phenoxy) is 1. The zero-order chi connectivity index (χ0) is 68.3. The van der Waals surface area contributed by atoms with Gasteiger partial charge in [0, 0.05) is 50.4 Å². The number of rotatable bonds is 24. The van der Waals surface area contributed by atoms with Crippen LogP contribution in [0.2, 0.25) is 11.5 Å². The molecule has 0 unspecified atom stereocenters. The van der Waals surface area contributed by atoms with Crippen molar-refractivity contribution in [3.05, 3.63) is 212 Å². The molecule has 0 saturated heterocycles. The SMILES string of the molecule is C=C(C)C(=O)NCCCN(Cc1cc(C(F)(F)F)ccc1B(O)O)Cc1c2ccccc2c(CN(CCCNC(=O)C(=C)C)Cc2cc(C(F)(F)F)ccc2B(O)O)c2cc(-c3ccc(OC)c(C4=C5C=CC(=[N+](C)C)C=[C]5[Ge]([CH3])([CH3])[c]5cc(N(C)C)ccc54)c3)ccc12. The van der Waals surface area contributed by atoms with Crippen LogP contribution < -0.4 is 35.6 Å². The Bertz CT molecular complexity index is 4250. The number of hydrogen-bond donors (Lipinski definition) is 6. The fourth-order valence-electron chi connectivity index (χ4n) is 12.6. The third kappa shape index (κ3) is 15.5. The van der Waals surface area contributed by atoms with Gasteiger partial charge in [0.15, 0.2) is 0 Å². The van der Waals surface area contributed by atoms with Crippen molar-refractivity contribution in [3.8, 4) is 16.9 Å². The Kier molecular flexibility index (Phi) is 21.6. The second-order valence-electron chi connectivity index (χ2n) is 25.2. The van der Waals surface area contributed by atoms with Crippen LogP contribution in [0.1, 0.15) is 71.2 Å². The molecule has 22 heteroatoms. The average molecular weight is 1350 g/mol. The fraction of sp³-hybridized carbons (Fsp3) is 0.292. The number of alkyl halides is 6. The van der Waals surface area contributed by atoms with Crippen LogP contribution >= 0.6 is 0 Å². The molecule has 94 heavy (non-hydrogen) atoms. The van der Waals surface area contributed by atoms with Crippen LogP contribution in [-0.4, -0.2) is 141 Å². The van der Waals surface area contributed by atoms with E-state index in [0.29, 0.717) is 29.4 Å². The number of allylic oxidation sites excluding steroid dienone is 5. The van der Waals surface area contributed by atoms with E-state index in [1.807, 2.05) is 86.5 Å². The second kappa shape index (κ2) is 28.9. The van der Waals surface area contributed by atoms with E-state index in [2.05, 4.69) is 93.3 Å². The van der Waals surface area contributed by atoms with Crippen molar-refractivity contribution in [1.29, 1.82) is 0 Å². The first-order chi connectivity index (χ1) is 44.4. The predicted molar refractivity (Wildman–Crippen MR) is 367 cm³/mol. The van der Waals surface area contributed by atoms with Gasteiger partial charge < -0.3 is 30.7 Å². The van der Waals surface area contributed by atoms with Crippen molar-refractivity contribution in [3.63, 3.8) is 0 Å². The number of methoxy groups -OCH3 is 1. The first-order valence-electron chi connectivity index (χ1n) is 31.0. The first kappa shape index (κ1) is 70.3. The van der Waals surface area contributed by atoms with E-state index in [0.717, 1.165) is 103 Å². The predicted octanol–water partition coefficient (Wildman–Crippen LogP) is 9.78. The molecule has 7 aromatic carbocycles. The van der Waals surface area contributed by atoms with E-state index < -0.39 is 51.0 Å². The Balaban J connectivity index is 1.29. The van der Waals surface area contributed by atoms with Crippen molar-refractivity contribution in [1.82, 2.24) is 20.4 Å². The van der Waals surface area contributed by atoms with Crippen LogP contribution in [0.15, 0.2) is 168 Å². The standard InChI is InChI=1S/C72H78B2F6GeN6O7/c1-44(2)69(88)82-30-14-32-86(40-48-34-50(71(75,76)77)20-27-63(48)73(90)91)42-61-54-16-12-13-17-55(54)62(43-87(33-15-31-83-70(89)45(3)4)41-49-35-51(72(78,79)80)21-28-64(49)74(92)93)59-36-46(18-24-56(59)61)47-19-29-67(94-11)60(37-47)68-57-25-22-52(84(7)8)38-65(57)81(5,6)66-39-53(85(9)10)23-26-58(66)68/h12-13,16-29,34-39,90-93H,1,3,14-15,30-33,40-43H2,2,4-11H3,(H-,82,83,88,89)/p+1. The minimum atomic E-state index is -4.77. The van der Waals surface area contributed by atoms with Gasteiger partial charge >= 0.3 is 290 Å². The van der Waals surface area contributed by atoms with E-state index in [9.17, 15) is 56.0 Å². The molecule has 13 nitrogen and oxygen atoms in total. The normalized spacial score (nSPS) is 13.7. The van der Waals surface area contributed by atoms with Gasteiger partial charge in [-0.25, -0.2) is 0 Å². The van der Waals surface area contributed by atoms with Gasteiger partial charge in [0.05, 0.1) is 11.1 Å². The number of hydrogen-bond acceptors (Lipinski definition) is 10. The van der Waals surface area contributed by atoms with Gasteiger partial charge in [-0.3, -0.25) is 14.5 Å². The summed E-state index contributed by atoms with van der Waals surface area (Å²) in [7, 11) is 5.54. The zero-order valence-electron chi connectivity index (χ0n) is 54.4. The molecule has 6 N–H and O–H groups in total. The first-order valence-corrected chi connectivity index (χ1v) is 37.3. The van der Waals surface area contributed by atoms with Gasteiger partial charge in [0.1, 0.15) is 0 Å². The van der Waals surface area contributed by atoms with Crippen LogP contribution in [0, 0.1) is 0 Å². The van der Waals surface area contributed by atoms with Crippen LogP contribution in [0.5, 0.6) is 5.75 Å². The Morgan fingerprint density at radius 1 is 0.617 bits per heavy atom. The maximum atomic E-state index is 14.5. The molecule has 0 fully saturated rings. The van der Waals surface area contributed by atoms with Gasteiger partial charge in [-0.15, -0.1) is 0 Å². The molecule has 1 aliphatic heterocycles. The summed E-state index contributed by atoms with van der Waals surface area (Å²) in [5, 5.41) is 51.1. The number of carbonyl (C=O) groups excluding carboxylic acids is 2. The molecule has 1 heterocycles. The van der Waals surface area contributed by atoms with Crippen molar-refractivity contribution in [2.45, 2.75) is 76.7 Å². The number of nitrogens with zero attached hydrogens (tertiary/aromatic N) is 4. The summed E-state index contributed by atoms with van der Waals surface area (Å²) in [5.74, 6) is 4.74. The molecule has 2 amide bonds. The van der Waals surface area contributed by atoms with E-state index in [4.69, 9.17) is 4.74 Å². The summed E-state index contributed by atoms with van der Waals surface area (Å²) in [6, 6.07) is 31.9. The minimum absolute atomic E-state index is 0.00995. The number of carbonyl (C=O) groups is 2. The molecule has 0 aromatic heterocycles. The molecule has 0 spiro atoms. The summed E-state index contributed by atoms with van der Waals surface area (Å²) in [6.45, 7) is 11.1. The molecule has 490 valence electrons. The van der Waals surface area contributed by atoms with Gasteiger partial charge in [-0.2, -0.15) is 26.3 Å². The summed E-state index contributed by atoms with van der Waals surface area (Å²) >= 11 is -3.07. The fourth-order valence-corrected chi connectivity index (χ4v) is 19.1. The van der Waals surface area contributed by atoms with Gasteiger partial charge in [-0.05, 0) is 60.9 Å². The summed E-state index contributed by atoms with van der Waals surface area (Å²) < 4.78 is 98.1. The van der Waals surface area contributed by atoms with Crippen LogP contribution in [0.4, 0.5) is 32.0 Å². The van der Waals surface area contributed by atoms with Gasteiger partial charge in [-0.1, -0.05) is 55.6 Å². The number of amides is 2. The number of anilines is 1. The summed E-state index contributed by atoms with van der Waals surface area (Å²) in [4.78, 5) is 31.4. The average Bonchev–Trinajstić information content (AvgIpc) is 0.714. The van der Waals surface area contributed by atoms with Crippen molar-refractivity contribution >= 4 is 93.2 Å². The molecule has 0 radical (unpaired) electrons. The molecule has 7 aromatic rings. The van der Waals surface area contributed by atoms with Crippen LogP contribution in [0.25, 0.3) is 38.2 Å². The molecule has 0 atom stereocenters. The summed E-state index contributed by atoms with van der Waals surface area (Å²) in [6.07, 6.45) is -2.25. The number of nitrogens with one attached hydrogen (secondary N) is 2. The molecule has 2 aliphatic rings. The quantitative estimate of drug-likeness (QED) is 0.00859. The molecular weight excluding hydrogens is 1270 g/mol. The third-order valence-corrected chi connectivity index (χ3v) is 25.1. The van der Waals surface area contributed by atoms with E-state index >= 15 is 0 Å². The Morgan fingerprint density at radius 2 is 1.12 bits per heavy atom. The van der Waals surface area contributed by atoms with Crippen molar-refractivity contribution in [2.24, 2.45) is 0 Å². The number of fused-ring (bicyclic) bond motifs is 4. The number of benzene rings is 7. The number of halogens is 6. The van der Waals surface area contributed by atoms with Crippen LogP contribution in [-0.2, 0) is 48.1 Å².